The maximum absolute atomic E-state index is 13.1. The molecule has 156 valence electrons. The second-order valence-corrected chi connectivity index (χ2v) is 7.64. The molecule has 0 unspecified atom stereocenters. The molecule has 0 bridgehead atoms. The number of carbonyl (C=O) groups is 2. The first-order valence-corrected chi connectivity index (χ1v) is 9.95. The number of rotatable bonds is 8. The van der Waals surface area contributed by atoms with E-state index in [9.17, 15) is 21.9 Å². The van der Waals surface area contributed by atoms with E-state index < -0.39 is 21.0 Å². The summed E-state index contributed by atoms with van der Waals surface area (Å²) >= 11 is 0. The van der Waals surface area contributed by atoms with Crippen molar-refractivity contribution in [2.45, 2.75) is 24.8 Å². The van der Waals surface area contributed by atoms with Gasteiger partial charge >= 0.3 is 10.2 Å². The van der Waals surface area contributed by atoms with Crippen LogP contribution in [-0.4, -0.2) is 40.0 Å². The summed E-state index contributed by atoms with van der Waals surface area (Å²) in [7, 11) is -3.50. The van der Waals surface area contributed by atoms with E-state index in [1.165, 1.54) is 37.4 Å². The van der Waals surface area contributed by atoms with Gasteiger partial charge in [-0.15, -0.1) is 3.89 Å². The lowest BCUT2D eigenvalue weighted by molar-refractivity contribution is -0.123. The van der Waals surface area contributed by atoms with E-state index >= 15 is 0 Å². The molecule has 8 nitrogen and oxygen atoms in total. The molecule has 0 spiro atoms. The molecule has 2 amide bonds. The average Bonchev–Trinajstić information content (AvgIpc) is 2.65. The highest BCUT2D eigenvalue weighted by molar-refractivity contribution is 7.86. The Morgan fingerprint density at radius 2 is 1.83 bits per heavy atom. The van der Waals surface area contributed by atoms with Gasteiger partial charge in [-0.05, 0) is 50.2 Å². The summed E-state index contributed by atoms with van der Waals surface area (Å²) in [4.78, 5) is 23.6. The van der Waals surface area contributed by atoms with E-state index in [-0.39, 0.29) is 41.3 Å². The quantitative estimate of drug-likeness (QED) is 0.630. The van der Waals surface area contributed by atoms with Gasteiger partial charge in [-0.25, -0.2) is 0 Å². The molecule has 0 atom stereocenters. The van der Waals surface area contributed by atoms with Crippen molar-refractivity contribution in [2.75, 3.05) is 19.0 Å². The maximum atomic E-state index is 13.1. The monoisotopic (exact) mass is 424 g/mol. The van der Waals surface area contributed by atoms with Gasteiger partial charge in [-0.1, -0.05) is 6.07 Å². The van der Waals surface area contributed by atoms with Gasteiger partial charge in [0.25, 0.3) is 11.8 Å². The third kappa shape index (κ3) is 6.46. The van der Waals surface area contributed by atoms with Crippen molar-refractivity contribution >= 4 is 27.7 Å². The Morgan fingerprint density at radius 1 is 1.10 bits per heavy atom. The van der Waals surface area contributed by atoms with Crippen LogP contribution >= 0.6 is 0 Å². The Morgan fingerprint density at radius 3 is 2.45 bits per heavy atom. The normalized spacial score (nSPS) is 11.1. The number of anilines is 1. The minimum absolute atomic E-state index is 0.0232. The minimum atomic E-state index is -4.88. The van der Waals surface area contributed by atoms with Crippen LogP contribution in [0.25, 0.3) is 0 Å². The number of ether oxygens (including phenoxy) is 2. The molecular formula is C19H21FN2O6S. The highest BCUT2D eigenvalue weighted by Crippen LogP contribution is 2.28. The van der Waals surface area contributed by atoms with Crippen LogP contribution in [0, 0.1) is 0 Å². The minimum Gasteiger partial charge on any atom is -0.493 e. The lowest BCUT2D eigenvalue weighted by Crippen LogP contribution is -2.34. The summed E-state index contributed by atoms with van der Waals surface area (Å²) in [6.07, 6.45) is 0. The number of nitrogens with one attached hydrogen (secondary N) is 2. The van der Waals surface area contributed by atoms with Crippen molar-refractivity contribution < 1.29 is 31.4 Å². The maximum Gasteiger partial charge on any atom is 0.332 e. The van der Waals surface area contributed by atoms with E-state index in [0.717, 1.165) is 12.1 Å². The second-order valence-electron chi connectivity index (χ2n) is 6.30. The van der Waals surface area contributed by atoms with E-state index in [1.807, 2.05) is 13.8 Å². The Bertz CT molecular complexity index is 1010. The summed E-state index contributed by atoms with van der Waals surface area (Å²) in [5, 5.41) is 5.17. The van der Waals surface area contributed by atoms with Crippen LogP contribution in [0.2, 0.25) is 0 Å². The largest absolute Gasteiger partial charge is 0.493 e. The van der Waals surface area contributed by atoms with Crippen molar-refractivity contribution in [3.63, 3.8) is 0 Å². The second kappa shape index (κ2) is 9.37. The average molecular weight is 424 g/mol. The predicted molar refractivity (Wildman–Crippen MR) is 104 cm³/mol. The smallest absolute Gasteiger partial charge is 0.332 e. The summed E-state index contributed by atoms with van der Waals surface area (Å²) in [6.45, 7) is 3.43. The van der Waals surface area contributed by atoms with Gasteiger partial charge in [-0.2, -0.15) is 8.42 Å². The summed E-state index contributed by atoms with van der Waals surface area (Å²) in [5.41, 5.74) is 0.299. The molecule has 0 saturated heterocycles. The molecule has 2 rings (SSSR count). The number of amides is 2. The zero-order chi connectivity index (χ0) is 21.6. The van der Waals surface area contributed by atoms with Crippen molar-refractivity contribution in [1.82, 2.24) is 5.32 Å². The summed E-state index contributed by atoms with van der Waals surface area (Å²) in [6, 6.07) is 9.12. The predicted octanol–water partition coefficient (Wildman–Crippen LogP) is 2.51. The zero-order valence-corrected chi connectivity index (χ0v) is 16.9. The molecule has 0 fully saturated rings. The molecule has 29 heavy (non-hydrogen) atoms. The van der Waals surface area contributed by atoms with Gasteiger partial charge < -0.3 is 20.1 Å². The van der Waals surface area contributed by atoms with Crippen molar-refractivity contribution in [1.29, 1.82) is 0 Å². The van der Waals surface area contributed by atoms with E-state index in [2.05, 4.69) is 10.6 Å². The first-order valence-electron chi connectivity index (χ1n) is 8.56. The number of methoxy groups -OCH3 is 1. The zero-order valence-electron chi connectivity index (χ0n) is 16.1. The summed E-state index contributed by atoms with van der Waals surface area (Å²) < 4.78 is 45.7. The molecule has 0 heterocycles. The molecule has 0 radical (unpaired) electrons. The Kier molecular flexibility index (Phi) is 7.16. The fourth-order valence-electron chi connectivity index (χ4n) is 2.36. The van der Waals surface area contributed by atoms with Crippen molar-refractivity contribution in [3.05, 3.63) is 48.0 Å². The Labute approximate surface area is 168 Å². The number of hydrogen-bond acceptors (Lipinski definition) is 6. The molecule has 0 aliphatic heterocycles. The van der Waals surface area contributed by atoms with Crippen molar-refractivity contribution in [3.8, 4) is 11.5 Å². The molecule has 2 aromatic rings. The fraction of sp³-hybridized carbons (Fsp3) is 0.263. The van der Waals surface area contributed by atoms with Gasteiger partial charge in [0, 0.05) is 17.3 Å². The highest BCUT2D eigenvalue weighted by Gasteiger charge is 2.15. The van der Waals surface area contributed by atoms with Gasteiger partial charge in [0.2, 0.25) is 0 Å². The fourth-order valence-corrected chi connectivity index (χ4v) is 2.87. The molecule has 2 aromatic carbocycles. The van der Waals surface area contributed by atoms with E-state index in [0.29, 0.717) is 0 Å². The SMILES string of the molecule is COc1cc(C(=O)Nc2cccc(S(=O)(=O)F)c2)ccc1OCC(=O)NC(C)C. The van der Waals surface area contributed by atoms with Crippen LogP contribution in [0.5, 0.6) is 11.5 Å². The molecule has 0 aromatic heterocycles. The molecule has 10 heteroatoms. The molecular weight excluding hydrogens is 403 g/mol. The number of benzene rings is 2. The number of carbonyl (C=O) groups excluding carboxylic acids is 2. The van der Waals surface area contributed by atoms with Crippen LogP contribution in [-0.2, 0) is 15.0 Å². The third-order valence-electron chi connectivity index (χ3n) is 3.61. The number of hydrogen-bond donors (Lipinski definition) is 2. The molecule has 0 aliphatic rings. The molecule has 0 aliphatic carbocycles. The number of halogens is 1. The standard InChI is InChI=1S/C19H21FN2O6S/c1-12(2)21-18(23)11-28-16-8-7-13(9-17(16)27-3)19(24)22-14-5-4-6-15(10-14)29(20,25)26/h4-10,12H,11H2,1-3H3,(H,21,23)(H,22,24). The third-order valence-corrected chi connectivity index (χ3v) is 4.42. The first-order chi connectivity index (χ1) is 13.6. The van der Waals surface area contributed by atoms with Crippen LogP contribution in [0.4, 0.5) is 9.57 Å². The van der Waals surface area contributed by atoms with Gasteiger partial charge in [-0.3, -0.25) is 9.59 Å². The van der Waals surface area contributed by atoms with E-state index in [1.54, 1.807) is 0 Å². The Balaban J connectivity index is 2.13. The van der Waals surface area contributed by atoms with Crippen LogP contribution in [0.15, 0.2) is 47.4 Å². The lowest BCUT2D eigenvalue weighted by atomic mass is 10.2. The van der Waals surface area contributed by atoms with Crippen molar-refractivity contribution in [2.24, 2.45) is 0 Å². The lowest BCUT2D eigenvalue weighted by Gasteiger charge is -2.13. The topological polar surface area (TPSA) is 111 Å². The summed E-state index contributed by atoms with van der Waals surface area (Å²) in [5.74, 6) is -0.365. The van der Waals surface area contributed by atoms with E-state index in [4.69, 9.17) is 9.47 Å². The van der Waals surface area contributed by atoms with Gasteiger partial charge in [0.05, 0.1) is 7.11 Å². The van der Waals surface area contributed by atoms with Crippen LogP contribution in [0.1, 0.15) is 24.2 Å². The molecule has 2 N–H and O–H groups in total. The van der Waals surface area contributed by atoms with Gasteiger partial charge in [0.15, 0.2) is 18.1 Å². The highest BCUT2D eigenvalue weighted by atomic mass is 32.3. The Hall–Kier alpha value is -3.14. The van der Waals surface area contributed by atoms with Crippen LogP contribution < -0.4 is 20.1 Å². The first kappa shape index (κ1) is 22.2. The van der Waals surface area contributed by atoms with Crippen LogP contribution in [0.3, 0.4) is 0 Å². The van der Waals surface area contributed by atoms with Gasteiger partial charge in [0.1, 0.15) is 4.90 Å². The molecule has 0 saturated carbocycles.